The highest BCUT2D eigenvalue weighted by molar-refractivity contribution is 6.17. The van der Waals surface area contributed by atoms with Gasteiger partial charge in [-0.05, 0) is 36.8 Å². The Morgan fingerprint density at radius 3 is 2.53 bits per heavy atom. The van der Waals surface area contributed by atoms with Gasteiger partial charge in [-0.2, -0.15) is 0 Å². The van der Waals surface area contributed by atoms with E-state index >= 15 is 0 Å². The van der Waals surface area contributed by atoms with Crippen molar-refractivity contribution in [3.8, 4) is 0 Å². The van der Waals surface area contributed by atoms with E-state index in [9.17, 15) is 18.8 Å². The summed E-state index contributed by atoms with van der Waals surface area (Å²) in [6, 6.07) is 18.5. The molecule has 0 N–H and O–H groups in total. The van der Waals surface area contributed by atoms with Gasteiger partial charge in [0, 0.05) is 12.1 Å². The molecule has 1 spiro atoms. The van der Waals surface area contributed by atoms with Crippen molar-refractivity contribution < 1.29 is 18.4 Å². The second-order valence-electron chi connectivity index (χ2n) is 9.08. The van der Waals surface area contributed by atoms with Gasteiger partial charge in [-0.3, -0.25) is 14.4 Å². The molecule has 0 saturated heterocycles. The number of fused-ring (bicyclic) bond motifs is 5. The first-order valence-corrected chi connectivity index (χ1v) is 11.5. The molecule has 3 heterocycles. The van der Waals surface area contributed by atoms with E-state index in [1.54, 1.807) is 29.2 Å². The van der Waals surface area contributed by atoms with E-state index in [0.717, 1.165) is 23.3 Å². The van der Waals surface area contributed by atoms with Gasteiger partial charge in [-0.1, -0.05) is 54.1 Å². The summed E-state index contributed by atoms with van der Waals surface area (Å²) < 4.78 is 20.0. The molecule has 6 rings (SSSR count). The van der Waals surface area contributed by atoms with Gasteiger partial charge in [-0.25, -0.2) is 4.39 Å². The molecule has 3 aromatic carbocycles. The van der Waals surface area contributed by atoms with Crippen LogP contribution in [0.3, 0.4) is 0 Å². The second kappa shape index (κ2) is 7.75. The molecular formula is C29H21FN2O4. The summed E-state index contributed by atoms with van der Waals surface area (Å²) in [6.45, 7) is 6.00. The molecule has 2 aliphatic rings. The number of halogens is 1. The summed E-state index contributed by atoms with van der Waals surface area (Å²) in [6.07, 6.45) is 1.51. The number of hydrogen-bond donors (Lipinski definition) is 0. The van der Waals surface area contributed by atoms with Crippen molar-refractivity contribution in [2.75, 3.05) is 11.4 Å². The number of carbonyl (C=O) groups excluding carboxylic acids is 2. The molecule has 1 atom stereocenters. The molecule has 2 amide bonds. The number of anilines is 1. The monoisotopic (exact) mass is 480 g/mol. The molecule has 1 aromatic heterocycles. The summed E-state index contributed by atoms with van der Waals surface area (Å²) in [4.78, 5) is 44.9. The Balaban J connectivity index is 1.66. The summed E-state index contributed by atoms with van der Waals surface area (Å²) >= 11 is 0. The molecule has 36 heavy (non-hydrogen) atoms. The number of para-hydroxylation sites is 1. The Hall–Kier alpha value is -4.52. The highest BCUT2D eigenvalue weighted by atomic mass is 19.1. The Bertz CT molecular complexity index is 1660. The van der Waals surface area contributed by atoms with E-state index in [4.69, 9.17) is 4.42 Å². The minimum Gasteiger partial charge on any atom is -0.450 e. The third-order valence-electron chi connectivity index (χ3n) is 6.97. The summed E-state index contributed by atoms with van der Waals surface area (Å²) in [5.74, 6) is -1.86. The Labute approximate surface area is 205 Å². The van der Waals surface area contributed by atoms with Crippen LogP contribution in [0.2, 0.25) is 0 Å². The Morgan fingerprint density at radius 1 is 1.03 bits per heavy atom. The smallest absolute Gasteiger partial charge is 0.291 e. The molecule has 0 radical (unpaired) electrons. The number of aryl methyl sites for hydroxylation is 1. The van der Waals surface area contributed by atoms with E-state index in [0.29, 0.717) is 11.3 Å². The molecule has 0 aliphatic carbocycles. The van der Waals surface area contributed by atoms with Crippen molar-refractivity contribution >= 4 is 28.5 Å². The van der Waals surface area contributed by atoms with Crippen molar-refractivity contribution in [3.05, 3.63) is 123 Å². The van der Waals surface area contributed by atoms with Crippen molar-refractivity contribution in [1.82, 2.24) is 4.90 Å². The van der Waals surface area contributed by atoms with Gasteiger partial charge in [0.25, 0.3) is 11.8 Å². The van der Waals surface area contributed by atoms with Gasteiger partial charge in [0.1, 0.15) is 11.4 Å². The quantitative estimate of drug-likeness (QED) is 0.398. The number of amides is 2. The third kappa shape index (κ3) is 2.80. The van der Waals surface area contributed by atoms with Crippen LogP contribution in [-0.4, -0.2) is 23.3 Å². The average Bonchev–Trinajstić information content (AvgIpc) is 3.26. The average molecular weight is 480 g/mol. The van der Waals surface area contributed by atoms with Crippen molar-refractivity contribution in [1.29, 1.82) is 0 Å². The molecule has 2 aliphatic heterocycles. The normalized spacial score (nSPS) is 18.3. The number of rotatable bonds is 4. The number of nitrogens with zero attached hydrogens (tertiary/aromatic N) is 2. The highest BCUT2D eigenvalue weighted by Gasteiger charge is 2.64. The zero-order valence-corrected chi connectivity index (χ0v) is 19.5. The van der Waals surface area contributed by atoms with Gasteiger partial charge in [0.05, 0.1) is 23.2 Å². The molecule has 178 valence electrons. The van der Waals surface area contributed by atoms with Gasteiger partial charge in [0.15, 0.2) is 11.0 Å². The summed E-state index contributed by atoms with van der Waals surface area (Å²) in [5, 5.41) is -0.0244. The third-order valence-corrected chi connectivity index (χ3v) is 6.97. The van der Waals surface area contributed by atoms with Crippen LogP contribution < -0.4 is 10.3 Å². The number of hydrogen-bond acceptors (Lipinski definition) is 4. The summed E-state index contributed by atoms with van der Waals surface area (Å²) in [5.41, 5.74) is 0.723. The van der Waals surface area contributed by atoms with Crippen LogP contribution in [0.25, 0.3) is 11.0 Å². The Kier molecular flexibility index (Phi) is 4.73. The van der Waals surface area contributed by atoms with E-state index in [1.807, 2.05) is 31.2 Å². The van der Waals surface area contributed by atoms with Crippen molar-refractivity contribution in [2.45, 2.75) is 19.0 Å². The molecule has 0 fully saturated rings. The van der Waals surface area contributed by atoms with E-state index in [1.165, 1.54) is 17.0 Å². The van der Waals surface area contributed by atoms with Crippen molar-refractivity contribution in [3.63, 3.8) is 0 Å². The molecule has 0 saturated carbocycles. The molecular weight excluding hydrogens is 459 g/mol. The van der Waals surface area contributed by atoms with Crippen LogP contribution in [0.5, 0.6) is 0 Å². The molecule has 0 bridgehead atoms. The van der Waals surface area contributed by atoms with Gasteiger partial charge in [0.2, 0.25) is 5.76 Å². The first-order valence-electron chi connectivity index (χ1n) is 11.5. The molecule has 4 aromatic rings. The predicted octanol–water partition coefficient (Wildman–Crippen LogP) is 4.67. The largest absolute Gasteiger partial charge is 0.450 e. The van der Waals surface area contributed by atoms with Crippen LogP contribution in [0, 0.1) is 12.7 Å². The number of benzene rings is 3. The first kappa shape index (κ1) is 22.0. The SMILES string of the molecule is C=CCN1C(=O)c2oc3ccc(F)cc3c(=O)c2C12C(=O)N(Cc1ccc(C)cc1)c1ccccc12. The maximum absolute atomic E-state index is 14.4. The Morgan fingerprint density at radius 2 is 1.78 bits per heavy atom. The second-order valence-corrected chi connectivity index (χ2v) is 9.08. The lowest BCUT2D eigenvalue weighted by molar-refractivity contribution is -0.126. The van der Waals surface area contributed by atoms with Crippen LogP contribution in [0.1, 0.15) is 32.8 Å². The van der Waals surface area contributed by atoms with E-state index in [2.05, 4.69) is 6.58 Å². The standard InChI is InChI=1S/C29H21FN2O4/c1-3-14-32-27(34)26-24(25(33)20-15-19(30)12-13-23(20)36-26)29(32)21-6-4-5-7-22(21)31(28(29)35)16-18-10-8-17(2)9-11-18/h3-13,15H,1,14,16H2,2H3. The van der Waals surface area contributed by atoms with Gasteiger partial charge in [-0.15, -0.1) is 6.58 Å². The fourth-order valence-electron chi connectivity index (χ4n) is 5.38. The van der Waals surface area contributed by atoms with Crippen LogP contribution >= 0.6 is 0 Å². The molecule has 1 unspecified atom stereocenters. The minimum atomic E-state index is -1.75. The fourth-order valence-corrected chi connectivity index (χ4v) is 5.38. The van der Waals surface area contributed by atoms with Crippen LogP contribution in [-0.2, 0) is 16.9 Å². The lowest BCUT2D eigenvalue weighted by Crippen LogP contribution is -2.53. The predicted molar refractivity (Wildman–Crippen MR) is 133 cm³/mol. The van der Waals surface area contributed by atoms with Gasteiger partial charge < -0.3 is 14.2 Å². The zero-order chi connectivity index (χ0) is 25.2. The first-order chi connectivity index (χ1) is 17.4. The minimum absolute atomic E-state index is 0.00558. The van der Waals surface area contributed by atoms with Gasteiger partial charge >= 0.3 is 0 Å². The van der Waals surface area contributed by atoms with Crippen LogP contribution in [0.4, 0.5) is 10.1 Å². The lowest BCUT2D eigenvalue weighted by atomic mass is 9.84. The zero-order valence-electron chi connectivity index (χ0n) is 19.5. The van der Waals surface area contributed by atoms with E-state index in [-0.39, 0.29) is 35.4 Å². The highest BCUT2D eigenvalue weighted by Crippen LogP contribution is 2.52. The van der Waals surface area contributed by atoms with Crippen LogP contribution in [0.15, 0.2) is 88.6 Å². The van der Waals surface area contributed by atoms with Crippen molar-refractivity contribution in [2.24, 2.45) is 0 Å². The van der Waals surface area contributed by atoms with E-state index < -0.39 is 28.6 Å². The molecule has 6 nitrogen and oxygen atoms in total. The molecule has 7 heteroatoms. The lowest BCUT2D eigenvalue weighted by Gasteiger charge is -2.33. The fraction of sp³-hybridized carbons (Fsp3) is 0.138. The number of carbonyl (C=O) groups is 2. The topological polar surface area (TPSA) is 70.8 Å². The maximum atomic E-state index is 14.4. The maximum Gasteiger partial charge on any atom is 0.291 e. The summed E-state index contributed by atoms with van der Waals surface area (Å²) in [7, 11) is 0.